The molecule has 4 unspecified atom stereocenters. The Balaban J connectivity index is 0.829. The zero-order valence-corrected chi connectivity index (χ0v) is 53.8. The summed E-state index contributed by atoms with van der Waals surface area (Å²) in [4.78, 5) is 94.7. The molecule has 482 valence electrons. The summed E-state index contributed by atoms with van der Waals surface area (Å²) in [7, 11) is -14.2. The molecule has 1 fully saturated rings. The number of hydrogen-bond donors (Lipinski definition) is 9. The zero-order chi connectivity index (χ0) is 63.7. The highest BCUT2D eigenvalue weighted by Gasteiger charge is 2.45. The molecule has 2 aromatic rings. The van der Waals surface area contributed by atoms with Crippen LogP contribution in [0.4, 0.5) is 10.5 Å². The van der Waals surface area contributed by atoms with E-state index in [0.717, 1.165) is 38.7 Å². The Morgan fingerprint density at radius 3 is 2.18 bits per heavy atom. The SMILES string of the molecule is CCN=c1cc2oc3cc(NCC)c(C)cc3c(-c3ccc(C(=O)NCCOCCOCCOCCOCCC(=O)NCC(C)(C)SSCOC4C[C@H](N5C=C(C)C(C)NC5=O)O[C@@H]4COP(=O)(O)OP(=O)(O)OP(=O)(O)O)cc3C(=O)O)c-2cc1C. The molecule has 28 nitrogen and oxygen atoms in total. The van der Waals surface area contributed by atoms with Gasteiger partial charge in [-0.25, -0.2) is 23.3 Å². The summed E-state index contributed by atoms with van der Waals surface area (Å²) in [5.74, 6) is -1.29. The van der Waals surface area contributed by atoms with Crippen molar-refractivity contribution < 1.29 is 104 Å². The highest BCUT2D eigenvalue weighted by Crippen LogP contribution is 2.66. The summed E-state index contributed by atoms with van der Waals surface area (Å²) in [6, 6.07) is 11.7. The second kappa shape index (κ2) is 32.8. The molecule has 1 saturated heterocycles. The average Bonchev–Trinajstić information content (AvgIpc) is 1.27. The van der Waals surface area contributed by atoms with Crippen LogP contribution in [0.5, 0.6) is 0 Å². The van der Waals surface area contributed by atoms with E-state index in [2.05, 4.69) is 34.9 Å². The van der Waals surface area contributed by atoms with Crippen molar-refractivity contribution in [2.75, 3.05) is 96.9 Å². The molecule has 4 amide bonds. The van der Waals surface area contributed by atoms with Crippen molar-refractivity contribution in [2.24, 2.45) is 4.99 Å². The van der Waals surface area contributed by atoms with Crippen molar-refractivity contribution in [3.63, 3.8) is 0 Å². The number of carboxylic acids is 1. The molecule has 4 aliphatic rings. The molecular weight excluding hydrogens is 1240 g/mol. The predicted octanol–water partition coefficient (Wildman–Crippen LogP) is 7.45. The Bertz CT molecular complexity index is 3270. The number of benzene rings is 3. The van der Waals surface area contributed by atoms with Crippen LogP contribution in [0.25, 0.3) is 33.4 Å². The summed E-state index contributed by atoms with van der Waals surface area (Å²) >= 11 is 0. The molecule has 3 aliphatic heterocycles. The van der Waals surface area contributed by atoms with E-state index in [0.29, 0.717) is 48.8 Å². The number of anilines is 1. The van der Waals surface area contributed by atoms with Gasteiger partial charge in [-0.2, -0.15) is 8.62 Å². The molecule has 3 heterocycles. The lowest BCUT2D eigenvalue weighted by Gasteiger charge is -2.32. The number of fused-ring (bicyclic) bond motifs is 2. The number of urea groups is 1. The zero-order valence-electron chi connectivity index (χ0n) is 49.5. The number of phosphoric acid groups is 3. The van der Waals surface area contributed by atoms with E-state index in [1.165, 1.54) is 32.6 Å². The topological polar surface area (TPSA) is 381 Å². The summed E-state index contributed by atoms with van der Waals surface area (Å²) in [6.45, 7) is 18.2. The van der Waals surface area contributed by atoms with Crippen LogP contribution in [0.2, 0.25) is 0 Å². The first-order valence-electron chi connectivity index (χ1n) is 27.7. The van der Waals surface area contributed by atoms with E-state index >= 15 is 0 Å². The van der Waals surface area contributed by atoms with Crippen molar-refractivity contribution >= 4 is 85.5 Å². The largest absolute Gasteiger partial charge is 0.490 e. The number of hydrogen-bond acceptors (Lipinski definition) is 21. The number of phosphoric ester groups is 1. The third-order valence-electron chi connectivity index (χ3n) is 13.2. The second-order valence-electron chi connectivity index (χ2n) is 20.6. The minimum Gasteiger partial charge on any atom is -0.478 e. The summed E-state index contributed by atoms with van der Waals surface area (Å²) < 4.78 is 88.0. The molecule has 1 aliphatic carbocycles. The third-order valence-corrected chi connectivity index (χ3v) is 20.0. The van der Waals surface area contributed by atoms with Crippen molar-refractivity contribution in [1.82, 2.24) is 20.9 Å². The number of carbonyl (C=O) groups is 4. The van der Waals surface area contributed by atoms with Crippen LogP contribution in [0, 0.1) is 13.8 Å². The number of rotatable bonds is 36. The molecule has 0 radical (unpaired) electrons. The molecule has 0 saturated carbocycles. The molecular formula is C54H77N6O22P3S2. The maximum atomic E-state index is 13.3. The smallest absolute Gasteiger partial charge is 0.478 e. The van der Waals surface area contributed by atoms with E-state index in [4.69, 9.17) is 47.1 Å². The van der Waals surface area contributed by atoms with Crippen LogP contribution in [0.1, 0.15) is 86.2 Å². The Kier molecular flexibility index (Phi) is 26.9. The maximum absolute atomic E-state index is 13.3. The van der Waals surface area contributed by atoms with Crippen LogP contribution in [0.3, 0.4) is 0 Å². The van der Waals surface area contributed by atoms with Gasteiger partial charge in [-0.3, -0.25) is 24.0 Å². The predicted molar refractivity (Wildman–Crippen MR) is 324 cm³/mol. The van der Waals surface area contributed by atoms with Crippen LogP contribution < -0.4 is 26.6 Å². The van der Waals surface area contributed by atoms with E-state index < -0.39 is 71.2 Å². The number of ether oxygens (including phenoxy) is 6. The highest BCUT2D eigenvalue weighted by atomic mass is 33.1. The number of amides is 4. The first kappa shape index (κ1) is 71.3. The Morgan fingerprint density at radius 2 is 1.53 bits per heavy atom. The van der Waals surface area contributed by atoms with Crippen LogP contribution >= 0.6 is 45.1 Å². The first-order chi connectivity index (χ1) is 41.1. The first-order valence-corrected chi connectivity index (χ1v) is 34.6. The molecule has 33 heteroatoms. The molecule has 87 heavy (non-hydrogen) atoms. The van der Waals surface area contributed by atoms with Gasteiger partial charge in [-0.05, 0) is 102 Å². The molecule has 0 spiro atoms. The van der Waals surface area contributed by atoms with E-state index in [1.54, 1.807) is 32.2 Å². The third kappa shape index (κ3) is 22.0. The van der Waals surface area contributed by atoms with E-state index in [1.807, 2.05) is 65.8 Å². The van der Waals surface area contributed by atoms with Gasteiger partial charge < -0.3 is 78.8 Å². The second-order valence-corrected chi connectivity index (χ2v) is 27.9. The lowest BCUT2D eigenvalue weighted by Crippen LogP contribution is -2.50. The quantitative estimate of drug-likeness (QED) is 0.00701. The maximum Gasteiger partial charge on any atom is 0.490 e. The number of nitrogens with zero attached hydrogens (tertiary/aromatic N) is 2. The van der Waals surface area contributed by atoms with Gasteiger partial charge in [0, 0.05) is 89.9 Å². The van der Waals surface area contributed by atoms with Gasteiger partial charge in [0.25, 0.3) is 5.91 Å². The Hall–Kier alpha value is -4.78. The summed E-state index contributed by atoms with van der Waals surface area (Å²) in [5, 5.41) is 23.8. The molecule has 2 aromatic carbocycles. The number of aryl methyl sites for hydroxylation is 2. The van der Waals surface area contributed by atoms with Crippen molar-refractivity contribution in [2.45, 2.75) is 97.5 Å². The molecule has 9 N–H and O–H groups in total. The molecule has 6 atom stereocenters. The van der Waals surface area contributed by atoms with Gasteiger partial charge >= 0.3 is 35.5 Å². The lowest BCUT2D eigenvalue weighted by atomic mass is 9.88. The van der Waals surface area contributed by atoms with E-state index in [9.17, 15) is 47.8 Å². The van der Waals surface area contributed by atoms with Crippen LogP contribution in [-0.2, 0) is 60.1 Å². The fraction of sp³-hybridized carbons (Fsp3) is 0.537. The minimum absolute atomic E-state index is 0.0345. The van der Waals surface area contributed by atoms with Crippen molar-refractivity contribution in [3.8, 4) is 22.5 Å². The Labute approximate surface area is 511 Å². The summed E-state index contributed by atoms with van der Waals surface area (Å²) in [5.41, 5.74) is 6.13. The van der Waals surface area contributed by atoms with Crippen LogP contribution in [0.15, 0.2) is 63.6 Å². The molecule has 0 bridgehead atoms. The fourth-order valence-corrected chi connectivity index (χ4v) is 14.1. The number of aromatic carboxylic acids is 1. The highest BCUT2D eigenvalue weighted by molar-refractivity contribution is 8.77. The molecule has 0 aromatic heterocycles. The number of nitrogens with one attached hydrogen (secondary N) is 4. The van der Waals surface area contributed by atoms with Gasteiger partial charge in [0.05, 0.1) is 82.5 Å². The van der Waals surface area contributed by atoms with Crippen LogP contribution in [-0.4, -0.2) is 174 Å². The molecule has 6 rings (SSSR count). The fourth-order valence-electron chi connectivity index (χ4n) is 8.92. The number of carbonyl (C=O) groups excluding carboxylic acids is 3. The van der Waals surface area contributed by atoms with Gasteiger partial charge in [0.15, 0.2) is 0 Å². The lowest BCUT2D eigenvalue weighted by molar-refractivity contribution is -0.122. The summed E-state index contributed by atoms with van der Waals surface area (Å²) in [6.07, 6.45) is -1.18. The van der Waals surface area contributed by atoms with Crippen molar-refractivity contribution in [1.29, 1.82) is 0 Å². The van der Waals surface area contributed by atoms with Gasteiger partial charge in [0.1, 0.15) is 29.6 Å². The van der Waals surface area contributed by atoms with Gasteiger partial charge in [-0.1, -0.05) is 27.7 Å². The number of carboxylic acid groups (broad SMARTS) is 1. The average molecular weight is 1320 g/mol. The van der Waals surface area contributed by atoms with E-state index in [-0.39, 0.29) is 94.6 Å². The minimum atomic E-state index is -5.77. The monoisotopic (exact) mass is 1320 g/mol. The standard InChI is InChI=1S/C54H77N6O22P3S2/c1-9-55-42-26-44-40(23-33(42)3)50(41-24-34(4)43(56-10-2)27-45(41)79-44)38-12-11-37(25-39(38)52(63)64)51(62)57-14-16-74-18-20-76-22-21-75-19-17-73-15-13-48(61)58-31-54(7,8)87-86-32-77-46-28-49(60-29-35(5)36(6)59-53(60)65)80-47(46)30-78-84(69,70)82-85(71,72)81-83(66,67)68/h11-12,23-27,29,36,46-47,49,55H,9-10,13-22,28,30-32H2,1-8H3,(H,57,62)(H,58,61)(H,59,65)(H,63,64)(H,69,70)(H,71,72)(H2,66,67,68)/t36?,46?,47-,49-/m1/s1. The Morgan fingerprint density at radius 1 is 0.851 bits per heavy atom. The van der Waals surface area contributed by atoms with Crippen molar-refractivity contribution in [3.05, 3.63) is 81.8 Å². The normalized spacial score (nSPS) is 19.0. The van der Waals surface area contributed by atoms with Gasteiger partial charge in [0.2, 0.25) is 5.91 Å². The van der Waals surface area contributed by atoms with Gasteiger partial charge in [-0.15, -0.1) is 0 Å².